The number of rotatable bonds is 8. The Hall–Kier alpha value is -3.44. The Morgan fingerprint density at radius 1 is 1.20 bits per heavy atom. The molecule has 2 aliphatic heterocycles. The number of nitrogens with zero attached hydrogens (tertiary/aromatic N) is 5. The van der Waals surface area contributed by atoms with E-state index in [2.05, 4.69) is 44.5 Å². The van der Waals surface area contributed by atoms with E-state index in [0.717, 1.165) is 25.2 Å². The number of cyclic esters (lactones) is 1. The van der Waals surface area contributed by atoms with Gasteiger partial charge in [-0.3, -0.25) is 9.80 Å². The first-order valence-corrected chi connectivity index (χ1v) is 11.7. The zero-order chi connectivity index (χ0) is 24.9. The van der Waals surface area contributed by atoms with Crippen LogP contribution >= 0.6 is 0 Å². The summed E-state index contributed by atoms with van der Waals surface area (Å²) in [6.07, 6.45) is 0.114. The van der Waals surface area contributed by atoms with E-state index in [9.17, 15) is 9.59 Å². The van der Waals surface area contributed by atoms with E-state index in [1.165, 1.54) is 15.4 Å². The van der Waals surface area contributed by atoms with Crippen LogP contribution in [-0.4, -0.2) is 89.1 Å². The fraction of sp³-hybridized carbons (Fsp3) is 0.500. The number of nitrogens with one attached hydrogen (secondary N) is 1. The summed E-state index contributed by atoms with van der Waals surface area (Å²) in [4.78, 5) is 37.5. The maximum Gasteiger partial charge on any atom is 0.416 e. The molecule has 1 aromatic heterocycles. The predicted molar refractivity (Wildman–Crippen MR) is 129 cm³/mol. The molecule has 2 aliphatic rings. The quantitative estimate of drug-likeness (QED) is 0.583. The minimum Gasteiger partial charge on any atom is -0.465 e. The Morgan fingerprint density at radius 2 is 1.91 bits per heavy atom. The van der Waals surface area contributed by atoms with Crippen LogP contribution in [0.1, 0.15) is 31.0 Å². The van der Waals surface area contributed by atoms with Gasteiger partial charge in [0.1, 0.15) is 18.5 Å². The molecular formula is C24H32N6O5. The highest BCUT2D eigenvalue weighted by Gasteiger charge is 2.39. The van der Waals surface area contributed by atoms with Crippen molar-refractivity contribution >= 4 is 24.0 Å². The van der Waals surface area contributed by atoms with Crippen molar-refractivity contribution in [2.24, 2.45) is 0 Å². The molecule has 0 aliphatic carbocycles. The molecule has 3 heterocycles. The van der Waals surface area contributed by atoms with Gasteiger partial charge < -0.3 is 24.8 Å². The normalized spacial score (nSPS) is 20.4. The third-order valence-corrected chi connectivity index (χ3v) is 6.58. The summed E-state index contributed by atoms with van der Waals surface area (Å²) in [5.41, 5.74) is 2.25. The molecule has 11 nitrogen and oxygen atoms in total. The molecule has 2 saturated heterocycles. The number of methoxy groups -OCH3 is 1. The van der Waals surface area contributed by atoms with Crippen molar-refractivity contribution in [1.82, 2.24) is 19.8 Å². The van der Waals surface area contributed by atoms with E-state index in [-0.39, 0.29) is 24.8 Å². The predicted octanol–water partition coefficient (Wildman–Crippen LogP) is 2.81. The number of hydrogen-bond acceptors (Lipinski definition) is 8. The first kappa shape index (κ1) is 24.7. The second-order valence-corrected chi connectivity index (χ2v) is 8.85. The maximum absolute atomic E-state index is 12.3. The fourth-order valence-corrected chi connectivity index (χ4v) is 4.30. The van der Waals surface area contributed by atoms with Crippen LogP contribution in [0.15, 0.2) is 36.5 Å². The Labute approximate surface area is 204 Å². The van der Waals surface area contributed by atoms with E-state index in [0.29, 0.717) is 24.9 Å². The molecule has 0 spiro atoms. The number of carboxylic acid groups (broad SMARTS) is 1. The molecule has 0 saturated carbocycles. The highest BCUT2D eigenvalue weighted by molar-refractivity contribution is 5.89. The lowest BCUT2D eigenvalue weighted by Gasteiger charge is -2.33. The van der Waals surface area contributed by atoms with Crippen LogP contribution in [0.3, 0.4) is 0 Å². The van der Waals surface area contributed by atoms with Crippen LogP contribution in [0.4, 0.5) is 21.4 Å². The van der Waals surface area contributed by atoms with Gasteiger partial charge in [-0.25, -0.2) is 14.6 Å². The molecule has 2 N–H and O–H groups in total. The zero-order valence-corrected chi connectivity index (χ0v) is 20.3. The van der Waals surface area contributed by atoms with Gasteiger partial charge in [0, 0.05) is 46.0 Å². The molecule has 0 bridgehead atoms. The zero-order valence-electron chi connectivity index (χ0n) is 20.3. The Kier molecular flexibility index (Phi) is 7.67. The van der Waals surface area contributed by atoms with Gasteiger partial charge in [0.05, 0.1) is 12.1 Å². The Bertz CT molecular complexity index is 1030. The van der Waals surface area contributed by atoms with Crippen LogP contribution in [-0.2, 0) is 16.0 Å². The minimum absolute atomic E-state index is 0.0577. The fourth-order valence-electron chi connectivity index (χ4n) is 4.30. The van der Waals surface area contributed by atoms with Crippen molar-refractivity contribution in [1.29, 1.82) is 0 Å². The Morgan fingerprint density at radius 3 is 2.57 bits per heavy atom. The van der Waals surface area contributed by atoms with Gasteiger partial charge in [0.2, 0.25) is 5.95 Å². The highest BCUT2D eigenvalue weighted by Crippen LogP contribution is 2.26. The summed E-state index contributed by atoms with van der Waals surface area (Å²) in [6, 6.07) is 9.68. The van der Waals surface area contributed by atoms with E-state index < -0.39 is 12.2 Å². The smallest absolute Gasteiger partial charge is 0.416 e. The summed E-state index contributed by atoms with van der Waals surface area (Å²) < 4.78 is 10.6. The molecule has 2 amide bonds. The van der Waals surface area contributed by atoms with Crippen molar-refractivity contribution in [3.05, 3.63) is 47.7 Å². The average Bonchev–Trinajstić information content (AvgIpc) is 3.25. The van der Waals surface area contributed by atoms with E-state index in [1.54, 1.807) is 19.4 Å². The van der Waals surface area contributed by atoms with Gasteiger partial charge in [-0.1, -0.05) is 24.3 Å². The van der Waals surface area contributed by atoms with Gasteiger partial charge in [0.25, 0.3) is 0 Å². The van der Waals surface area contributed by atoms with Gasteiger partial charge in [0.15, 0.2) is 0 Å². The summed E-state index contributed by atoms with van der Waals surface area (Å²) in [5, 5.41) is 12.4. The van der Waals surface area contributed by atoms with Crippen LogP contribution in [0.25, 0.3) is 0 Å². The summed E-state index contributed by atoms with van der Waals surface area (Å²) in [6.45, 7) is 7.48. The number of hydrogen-bond donors (Lipinski definition) is 2. The third kappa shape index (κ3) is 5.80. The largest absolute Gasteiger partial charge is 0.465 e. The highest BCUT2D eigenvalue weighted by atomic mass is 16.6. The van der Waals surface area contributed by atoms with Crippen molar-refractivity contribution in [2.75, 3.05) is 50.1 Å². The summed E-state index contributed by atoms with van der Waals surface area (Å²) in [7, 11) is 1.60. The SMILES string of the molecule is CO[C@H](C)C1COC(=O)N1c1ccnc(N[C@@H](C)c2ccc(CN3CCN(C(=O)O)CC3)cc2)n1. The molecule has 1 aromatic carbocycles. The number of carbonyl (C=O) groups is 2. The maximum atomic E-state index is 12.3. The lowest BCUT2D eigenvalue weighted by Crippen LogP contribution is -2.47. The van der Waals surface area contributed by atoms with Gasteiger partial charge in [-0.05, 0) is 31.0 Å². The number of amides is 2. The van der Waals surface area contributed by atoms with Crippen molar-refractivity contribution < 1.29 is 24.2 Å². The molecule has 3 atom stereocenters. The molecule has 188 valence electrons. The van der Waals surface area contributed by atoms with Crippen molar-refractivity contribution in [3.63, 3.8) is 0 Å². The van der Waals surface area contributed by atoms with E-state index >= 15 is 0 Å². The van der Waals surface area contributed by atoms with Gasteiger partial charge >= 0.3 is 12.2 Å². The molecular weight excluding hydrogens is 452 g/mol. The third-order valence-electron chi connectivity index (χ3n) is 6.58. The summed E-state index contributed by atoms with van der Waals surface area (Å²) in [5.74, 6) is 0.878. The number of anilines is 2. The molecule has 2 aromatic rings. The minimum atomic E-state index is -0.852. The molecule has 1 unspecified atom stereocenters. The van der Waals surface area contributed by atoms with E-state index in [4.69, 9.17) is 14.6 Å². The van der Waals surface area contributed by atoms with Gasteiger partial charge in [-0.15, -0.1) is 0 Å². The first-order valence-electron chi connectivity index (χ1n) is 11.7. The summed E-state index contributed by atoms with van der Waals surface area (Å²) >= 11 is 0. The van der Waals surface area contributed by atoms with Crippen molar-refractivity contribution in [2.45, 2.75) is 38.6 Å². The number of ether oxygens (including phenoxy) is 2. The molecule has 4 rings (SSSR count). The molecule has 35 heavy (non-hydrogen) atoms. The first-order chi connectivity index (χ1) is 16.9. The molecule has 2 fully saturated rings. The van der Waals surface area contributed by atoms with Crippen LogP contribution in [0.5, 0.6) is 0 Å². The monoisotopic (exact) mass is 484 g/mol. The number of benzene rings is 1. The lowest BCUT2D eigenvalue weighted by atomic mass is 10.1. The van der Waals surface area contributed by atoms with Crippen LogP contribution < -0.4 is 10.2 Å². The second-order valence-electron chi connectivity index (χ2n) is 8.85. The molecule has 11 heteroatoms. The number of piperazine rings is 1. The number of aromatic nitrogens is 2. The number of carbonyl (C=O) groups excluding carboxylic acids is 1. The Balaban J connectivity index is 1.36. The van der Waals surface area contributed by atoms with Crippen LogP contribution in [0.2, 0.25) is 0 Å². The van der Waals surface area contributed by atoms with Crippen molar-refractivity contribution in [3.8, 4) is 0 Å². The molecule has 0 radical (unpaired) electrons. The van der Waals surface area contributed by atoms with E-state index in [1.807, 2.05) is 13.8 Å². The lowest BCUT2D eigenvalue weighted by molar-refractivity contribution is 0.0881. The van der Waals surface area contributed by atoms with Gasteiger partial charge in [-0.2, -0.15) is 4.98 Å². The second kappa shape index (κ2) is 10.9. The topological polar surface area (TPSA) is 120 Å². The standard InChI is InChI=1S/C24H32N6O5/c1-16(19-6-4-18(5-7-19)14-28-10-12-29(13-11-28)23(31)32)26-22-25-9-8-21(27-22)30-20(17(2)34-3)15-35-24(30)33/h4-9,16-17,20H,10-15H2,1-3H3,(H,31,32)(H,25,26,27)/t16-,17+,20?/m0/s1. The average molecular weight is 485 g/mol. The van der Waals surface area contributed by atoms with Crippen LogP contribution in [0, 0.1) is 0 Å².